The zero-order valence-electron chi connectivity index (χ0n) is 12.3. The van der Waals surface area contributed by atoms with Crippen LogP contribution in [0.15, 0.2) is 53.1 Å². The molecule has 2 aromatic heterocycles. The molecular formula is C17H19N3O. The van der Waals surface area contributed by atoms with E-state index in [-0.39, 0.29) is 0 Å². The molecule has 0 radical (unpaired) electrons. The van der Waals surface area contributed by atoms with Gasteiger partial charge in [-0.25, -0.2) is 4.98 Å². The number of rotatable bonds is 5. The first-order valence-electron chi connectivity index (χ1n) is 7.04. The minimum absolute atomic E-state index is 0.706. The highest BCUT2D eigenvalue weighted by Crippen LogP contribution is 2.23. The fraction of sp³-hybridized carbons (Fsp3) is 0.235. The molecule has 4 nitrogen and oxygen atoms in total. The van der Waals surface area contributed by atoms with Gasteiger partial charge in [-0.05, 0) is 36.9 Å². The Morgan fingerprint density at radius 1 is 1.19 bits per heavy atom. The number of anilines is 1. The van der Waals surface area contributed by atoms with Crippen LogP contribution in [-0.4, -0.2) is 19.1 Å². The van der Waals surface area contributed by atoms with Gasteiger partial charge in [0.25, 0.3) is 0 Å². The molecule has 0 aliphatic carbocycles. The molecule has 2 heterocycles. The van der Waals surface area contributed by atoms with Gasteiger partial charge in [0.15, 0.2) is 0 Å². The van der Waals surface area contributed by atoms with E-state index in [1.165, 1.54) is 10.9 Å². The van der Waals surface area contributed by atoms with Gasteiger partial charge in [0.05, 0.1) is 18.3 Å². The number of nitrogens with zero attached hydrogens (tertiary/aromatic N) is 2. The van der Waals surface area contributed by atoms with E-state index in [1.54, 1.807) is 6.26 Å². The van der Waals surface area contributed by atoms with E-state index in [2.05, 4.69) is 34.5 Å². The van der Waals surface area contributed by atoms with Crippen LogP contribution >= 0.6 is 0 Å². The van der Waals surface area contributed by atoms with Crippen molar-refractivity contribution in [2.75, 3.05) is 19.0 Å². The summed E-state index contributed by atoms with van der Waals surface area (Å²) < 4.78 is 5.41. The number of para-hydroxylation sites is 1. The van der Waals surface area contributed by atoms with E-state index in [1.807, 2.05) is 32.3 Å². The van der Waals surface area contributed by atoms with Gasteiger partial charge in [-0.1, -0.05) is 18.2 Å². The Kier molecular flexibility index (Phi) is 3.88. The highest BCUT2D eigenvalue weighted by atomic mass is 16.3. The van der Waals surface area contributed by atoms with Gasteiger partial charge >= 0.3 is 0 Å². The molecule has 0 aliphatic rings. The van der Waals surface area contributed by atoms with Gasteiger partial charge < -0.3 is 14.6 Å². The second-order valence-electron chi connectivity index (χ2n) is 5.12. The number of fused-ring (bicyclic) bond motifs is 1. The van der Waals surface area contributed by atoms with Crippen molar-refractivity contribution in [1.82, 2.24) is 10.3 Å². The van der Waals surface area contributed by atoms with Crippen LogP contribution < -0.4 is 10.2 Å². The molecule has 0 spiro atoms. The molecule has 3 aromatic rings. The lowest BCUT2D eigenvalue weighted by atomic mass is 10.1. The van der Waals surface area contributed by atoms with Crippen molar-refractivity contribution in [2.45, 2.75) is 13.1 Å². The minimum atomic E-state index is 0.706. The summed E-state index contributed by atoms with van der Waals surface area (Å²) in [6, 6.07) is 14.3. The van der Waals surface area contributed by atoms with Crippen LogP contribution in [0.1, 0.15) is 11.3 Å². The zero-order chi connectivity index (χ0) is 14.7. The first-order valence-corrected chi connectivity index (χ1v) is 7.04. The Labute approximate surface area is 124 Å². The molecule has 0 saturated carbocycles. The van der Waals surface area contributed by atoms with E-state index in [0.29, 0.717) is 6.54 Å². The van der Waals surface area contributed by atoms with Crippen molar-refractivity contribution in [3.05, 3.63) is 60.1 Å². The van der Waals surface area contributed by atoms with Crippen molar-refractivity contribution in [1.29, 1.82) is 0 Å². The first-order chi connectivity index (χ1) is 10.3. The van der Waals surface area contributed by atoms with Crippen LogP contribution in [0.2, 0.25) is 0 Å². The third-order valence-electron chi connectivity index (χ3n) is 3.52. The maximum absolute atomic E-state index is 5.41. The quantitative estimate of drug-likeness (QED) is 0.780. The molecule has 0 unspecified atom stereocenters. The van der Waals surface area contributed by atoms with Gasteiger partial charge in [0.1, 0.15) is 11.6 Å². The summed E-state index contributed by atoms with van der Waals surface area (Å²) in [5.74, 6) is 1.89. The Balaban J connectivity index is 1.98. The van der Waals surface area contributed by atoms with Crippen LogP contribution in [0, 0.1) is 0 Å². The molecule has 0 bridgehead atoms. The van der Waals surface area contributed by atoms with Gasteiger partial charge in [0.2, 0.25) is 0 Å². The molecule has 4 heteroatoms. The average Bonchev–Trinajstić information content (AvgIpc) is 3.00. The molecule has 21 heavy (non-hydrogen) atoms. The van der Waals surface area contributed by atoms with Crippen LogP contribution in [-0.2, 0) is 13.1 Å². The number of pyridine rings is 1. The Morgan fingerprint density at radius 3 is 2.81 bits per heavy atom. The fourth-order valence-electron chi connectivity index (χ4n) is 2.48. The molecule has 1 N–H and O–H groups in total. The van der Waals surface area contributed by atoms with Crippen molar-refractivity contribution >= 4 is 16.7 Å². The summed E-state index contributed by atoms with van der Waals surface area (Å²) in [5, 5.41) is 4.42. The summed E-state index contributed by atoms with van der Waals surface area (Å²) >= 11 is 0. The molecule has 0 fully saturated rings. The lowest BCUT2D eigenvalue weighted by Gasteiger charge is -2.19. The smallest absolute Gasteiger partial charge is 0.129 e. The third-order valence-corrected chi connectivity index (χ3v) is 3.52. The number of hydrogen-bond acceptors (Lipinski definition) is 4. The van der Waals surface area contributed by atoms with E-state index in [0.717, 1.165) is 23.6 Å². The Hall–Kier alpha value is -2.33. The zero-order valence-corrected chi connectivity index (χ0v) is 12.3. The molecule has 3 rings (SSSR count). The number of aromatic nitrogens is 1. The second-order valence-corrected chi connectivity index (χ2v) is 5.12. The molecular weight excluding hydrogens is 262 g/mol. The summed E-state index contributed by atoms with van der Waals surface area (Å²) in [7, 11) is 3.99. The molecule has 108 valence electrons. The summed E-state index contributed by atoms with van der Waals surface area (Å²) in [6.45, 7) is 1.53. The van der Waals surface area contributed by atoms with Crippen molar-refractivity contribution in [2.24, 2.45) is 0 Å². The van der Waals surface area contributed by atoms with Gasteiger partial charge in [-0.2, -0.15) is 0 Å². The normalized spacial score (nSPS) is 11.0. The average molecular weight is 281 g/mol. The predicted octanol–water partition coefficient (Wildman–Crippen LogP) is 3.18. The van der Waals surface area contributed by atoms with Crippen LogP contribution in [0.4, 0.5) is 5.82 Å². The summed E-state index contributed by atoms with van der Waals surface area (Å²) in [5.41, 5.74) is 2.27. The van der Waals surface area contributed by atoms with E-state index < -0.39 is 0 Å². The third kappa shape index (κ3) is 2.90. The van der Waals surface area contributed by atoms with Crippen LogP contribution in [0.5, 0.6) is 0 Å². The SMILES string of the molecule is CNCc1cc(N(C)Cc2ccco2)nc2ccccc12. The fourth-order valence-corrected chi connectivity index (χ4v) is 2.48. The second kappa shape index (κ2) is 5.97. The first kappa shape index (κ1) is 13.6. The standard InChI is InChI=1S/C17H19N3O/c1-18-11-13-10-17(19-16-8-4-3-7-15(13)16)20(2)12-14-6-5-9-21-14/h3-10,18H,11-12H2,1-2H3. The van der Waals surface area contributed by atoms with E-state index in [4.69, 9.17) is 9.40 Å². The van der Waals surface area contributed by atoms with Gasteiger partial charge in [-0.15, -0.1) is 0 Å². The van der Waals surface area contributed by atoms with Gasteiger partial charge in [0, 0.05) is 19.0 Å². The maximum atomic E-state index is 5.41. The van der Waals surface area contributed by atoms with Crippen LogP contribution in [0.25, 0.3) is 10.9 Å². The minimum Gasteiger partial charge on any atom is -0.467 e. The number of furan rings is 1. The van der Waals surface area contributed by atoms with Crippen molar-refractivity contribution in [3.63, 3.8) is 0 Å². The maximum Gasteiger partial charge on any atom is 0.129 e. The van der Waals surface area contributed by atoms with Crippen molar-refractivity contribution in [3.8, 4) is 0 Å². The number of benzene rings is 1. The predicted molar refractivity (Wildman–Crippen MR) is 85.3 cm³/mol. The molecule has 0 aliphatic heterocycles. The highest BCUT2D eigenvalue weighted by Gasteiger charge is 2.10. The molecule has 0 amide bonds. The largest absolute Gasteiger partial charge is 0.467 e. The molecule has 0 saturated heterocycles. The summed E-state index contributed by atoms with van der Waals surface area (Å²) in [4.78, 5) is 6.86. The molecule has 1 aromatic carbocycles. The summed E-state index contributed by atoms with van der Waals surface area (Å²) in [6.07, 6.45) is 1.70. The topological polar surface area (TPSA) is 41.3 Å². The van der Waals surface area contributed by atoms with E-state index in [9.17, 15) is 0 Å². The lowest BCUT2D eigenvalue weighted by Crippen LogP contribution is -2.18. The Bertz CT molecular complexity index is 722. The molecule has 0 atom stereocenters. The Morgan fingerprint density at radius 2 is 2.05 bits per heavy atom. The number of hydrogen-bond donors (Lipinski definition) is 1. The monoisotopic (exact) mass is 281 g/mol. The van der Waals surface area contributed by atoms with E-state index >= 15 is 0 Å². The number of nitrogens with one attached hydrogen (secondary N) is 1. The lowest BCUT2D eigenvalue weighted by molar-refractivity contribution is 0.507. The van der Waals surface area contributed by atoms with Gasteiger partial charge in [-0.3, -0.25) is 0 Å². The highest BCUT2D eigenvalue weighted by molar-refractivity contribution is 5.84. The van der Waals surface area contributed by atoms with Crippen molar-refractivity contribution < 1.29 is 4.42 Å². The van der Waals surface area contributed by atoms with Crippen LogP contribution in [0.3, 0.4) is 0 Å².